The lowest BCUT2D eigenvalue weighted by Gasteiger charge is -2.14. The van der Waals surface area contributed by atoms with E-state index in [4.69, 9.17) is 5.73 Å². The molecule has 0 unspecified atom stereocenters. The average Bonchev–Trinajstić information content (AvgIpc) is 2.58. The van der Waals surface area contributed by atoms with Crippen LogP contribution in [0.3, 0.4) is 0 Å². The Morgan fingerprint density at radius 1 is 1.24 bits per heavy atom. The standard InChI is InChI=1S/C16H16N6O3/c1-8-10(14(23)19-9-5-4-6-18-7-9)12(17)20-13-11(8)15(24)22(3)16(25)21(13)2/h4-7H,1-3H3,(H2,17,20)(H,19,23). The summed E-state index contributed by atoms with van der Waals surface area (Å²) in [4.78, 5) is 45.2. The van der Waals surface area contributed by atoms with E-state index in [0.29, 0.717) is 11.3 Å². The molecule has 3 heterocycles. The first-order valence-corrected chi connectivity index (χ1v) is 7.40. The molecule has 0 aliphatic carbocycles. The van der Waals surface area contributed by atoms with Crippen LogP contribution in [0.25, 0.3) is 11.0 Å². The van der Waals surface area contributed by atoms with Gasteiger partial charge in [0.1, 0.15) is 5.82 Å². The molecule has 0 aliphatic rings. The second kappa shape index (κ2) is 5.86. The number of rotatable bonds is 2. The fourth-order valence-corrected chi connectivity index (χ4v) is 2.70. The van der Waals surface area contributed by atoms with Crippen molar-refractivity contribution in [1.82, 2.24) is 19.1 Å². The first-order chi connectivity index (χ1) is 11.8. The molecule has 3 rings (SSSR count). The summed E-state index contributed by atoms with van der Waals surface area (Å²) in [5.74, 6) is -0.567. The normalized spacial score (nSPS) is 10.8. The quantitative estimate of drug-likeness (QED) is 0.685. The van der Waals surface area contributed by atoms with Crippen molar-refractivity contribution in [3.63, 3.8) is 0 Å². The second-order valence-corrected chi connectivity index (χ2v) is 5.60. The van der Waals surface area contributed by atoms with E-state index in [9.17, 15) is 14.4 Å². The number of hydrogen-bond acceptors (Lipinski definition) is 6. The maximum Gasteiger partial charge on any atom is 0.332 e. The van der Waals surface area contributed by atoms with Crippen molar-refractivity contribution in [1.29, 1.82) is 0 Å². The number of hydrogen-bond donors (Lipinski definition) is 2. The lowest BCUT2D eigenvalue weighted by Crippen LogP contribution is -2.38. The van der Waals surface area contributed by atoms with E-state index in [0.717, 1.165) is 4.57 Å². The first kappa shape index (κ1) is 16.4. The third-order valence-electron chi connectivity index (χ3n) is 4.01. The third-order valence-corrected chi connectivity index (χ3v) is 4.01. The Morgan fingerprint density at radius 2 is 1.96 bits per heavy atom. The van der Waals surface area contributed by atoms with E-state index in [-0.39, 0.29) is 22.4 Å². The van der Waals surface area contributed by atoms with E-state index in [1.807, 2.05) is 0 Å². The molecular formula is C16H16N6O3. The van der Waals surface area contributed by atoms with E-state index in [1.165, 1.54) is 24.9 Å². The molecule has 0 bridgehead atoms. The largest absolute Gasteiger partial charge is 0.383 e. The van der Waals surface area contributed by atoms with Crippen LogP contribution < -0.4 is 22.3 Å². The van der Waals surface area contributed by atoms with Gasteiger partial charge in [0.25, 0.3) is 11.5 Å². The predicted molar refractivity (Wildman–Crippen MR) is 93.6 cm³/mol. The molecule has 1 amide bonds. The predicted octanol–water partition coefficient (Wildman–Crippen LogP) is 0.170. The maximum atomic E-state index is 12.6. The van der Waals surface area contributed by atoms with Crippen molar-refractivity contribution < 1.29 is 4.79 Å². The Balaban J connectivity index is 2.25. The lowest BCUT2D eigenvalue weighted by molar-refractivity contribution is 0.102. The SMILES string of the molecule is Cc1c(C(=O)Nc2cccnc2)c(N)nc2c1c(=O)n(C)c(=O)n2C. The number of nitrogens with two attached hydrogens (primary N) is 1. The minimum absolute atomic E-state index is 0.0605. The molecule has 0 aromatic carbocycles. The van der Waals surface area contributed by atoms with Gasteiger partial charge < -0.3 is 11.1 Å². The number of amides is 1. The number of nitrogens with one attached hydrogen (secondary N) is 1. The Bertz CT molecular complexity index is 1110. The van der Waals surface area contributed by atoms with Crippen LogP contribution in [0.2, 0.25) is 0 Å². The van der Waals surface area contributed by atoms with E-state index >= 15 is 0 Å². The molecule has 0 atom stereocenters. The zero-order valence-electron chi connectivity index (χ0n) is 13.9. The Hall–Kier alpha value is -3.49. The van der Waals surface area contributed by atoms with Gasteiger partial charge in [0.15, 0.2) is 5.65 Å². The fourth-order valence-electron chi connectivity index (χ4n) is 2.70. The number of fused-ring (bicyclic) bond motifs is 1. The molecule has 0 saturated heterocycles. The van der Waals surface area contributed by atoms with E-state index in [2.05, 4.69) is 15.3 Å². The van der Waals surface area contributed by atoms with Gasteiger partial charge in [-0.3, -0.25) is 23.7 Å². The van der Waals surface area contributed by atoms with Crippen molar-refractivity contribution >= 4 is 28.4 Å². The molecule has 25 heavy (non-hydrogen) atoms. The summed E-state index contributed by atoms with van der Waals surface area (Å²) < 4.78 is 2.19. The molecule has 0 fully saturated rings. The zero-order chi connectivity index (χ0) is 18.3. The van der Waals surface area contributed by atoms with Gasteiger partial charge >= 0.3 is 5.69 Å². The van der Waals surface area contributed by atoms with Crippen LogP contribution in [0.4, 0.5) is 11.5 Å². The van der Waals surface area contributed by atoms with Gasteiger partial charge in [-0.25, -0.2) is 9.78 Å². The van der Waals surface area contributed by atoms with Crippen LogP contribution in [-0.2, 0) is 14.1 Å². The van der Waals surface area contributed by atoms with Crippen molar-refractivity contribution in [3.05, 3.63) is 56.5 Å². The minimum Gasteiger partial charge on any atom is -0.383 e. The van der Waals surface area contributed by atoms with Crippen molar-refractivity contribution in [2.75, 3.05) is 11.1 Å². The molecule has 3 aromatic heterocycles. The highest BCUT2D eigenvalue weighted by molar-refractivity contribution is 6.10. The number of nitrogen functional groups attached to an aromatic ring is 1. The number of pyridine rings is 2. The summed E-state index contributed by atoms with van der Waals surface area (Å²) in [6, 6.07) is 3.35. The molecule has 3 aromatic rings. The van der Waals surface area contributed by atoms with Gasteiger partial charge in [-0.1, -0.05) is 0 Å². The minimum atomic E-state index is -0.529. The second-order valence-electron chi connectivity index (χ2n) is 5.60. The van der Waals surface area contributed by atoms with Crippen LogP contribution in [-0.4, -0.2) is 25.0 Å². The molecule has 9 heteroatoms. The van der Waals surface area contributed by atoms with Gasteiger partial charge in [-0.15, -0.1) is 0 Å². The summed E-state index contributed by atoms with van der Waals surface area (Å²) in [5, 5.41) is 2.84. The van der Waals surface area contributed by atoms with Gasteiger partial charge in [0.05, 0.1) is 22.8 Å². The Kier molecular flexibility index (Phi) is 3.84. The highest BCUT2D eigenvalue weighted by atomic mass is 16.2. The highest BCUT2D eigenvalue weighted by Crippen LogP contribution is 2.22. The van der Waals surface area contributed by atoms with Crippen LogP contribution >= 0.6 is 0 Å². The van der Waals surface area contributed by atoms with Gasteiger partial charge in [-0.2, -0.15) is 0 Å². The number of nitrogens with zero attached hydrogens (tertiary/aromatic N) is 4. The smallest absolute Gasteiger partial charge is 0.332 e. The van der Waals surface area contributed by atoms with Crippen molar-refractivity contribution in [3.8, 4) is 0 Å². The number of aromatic nitrogens is 4. The molecule has 9 nitrogen and oxygen atoms in total. The fraction of sp³-hybridized carbons (Fsp3) is 0.188. The molecular weight excluding hydrogens is 324 g/mol. The summed E-state index contributed by atoms with van der Waals surface area (Å²) in [6.07, 6.45) is 3.07. The van der Waals surface area contributed by atoms with E-state index in [1.54, 1.807) is 25.3 Å². The monoisotopic (exact) mass is 340 g/mol. The van der Waals surface area contributed by atoms with Gasteiger partial charge in [-0.05, 0) is 24.6 Å². The number of anilines is 2. The van der Waals surface area contributed by atoms with E-state index < -0.39 is 17.2 Å². The summed E-state index contributed by atoms with van der Waals surface area (Å²) >= 11 is 0. The molecule has 0 aliphatic heterocycles. The summed E-state index contributed by atoms with van der Waals surface area (Å²) in [6.45, 7) is 1.60. The highest BCUT2D eigenvalue weighted by Gasteiger charge is 2.21. The molecule has 128 valence electrons. The van der Waals surface area contributed by atoms with Crippen LogP contribution in [0, 0.1) is 6.92 Å². The zero-order valence-corrected chi connectivity index (χ0v) is 13.9. The number of carbonyl (C=O) groups is 1. The average molecular weight is 340 g/mol. The summed E-state index contributed by atoms with van der Waals surface area (Å²) in [5.41, 5.74) is 5.97. The molecule has 0 radical (unpaired) electrons. The maximum absolute atomic E-state index is 12.6. The molecule has 3 N–H and O–H groups in total. The van der Waals surface area contributed by atoms with Crippen molar-refractivity contribution in [2.45, 2.75) is 6.92 Å². The van der Waals surface area contributed by atoms with Gasteiger partial charge in [0.2, 0.25) is 0 Å². The molecule has 0 saturated carbocycles. The lowest BCUT2D eigenvalue weighted by atomic mass is 10.1. The van der Waals surface area contributed by atoms with Crippen LogP contribution in [0.15, 0.2) is 34.1 Å². The van der Waals surface area contributed by atoms with Crippen molar-refractivity contribution in [2.24, 2.45) is 14.1 Å². The van der Waals surface area contributed by atoms with Crippen LogP contribution in [0.1, 0.15) is 15.9 Å². The van der Waals surface area contributed by atoms with Crippen LogP contribution in [0.5, 0.6) is 0 Å². The summed E-state index contributed by atoms with van der Waals surface area (Å²) in [7, 11) is 2.86. The topological polar surface area (TPSA) is 125 Å². The number of carbonyl (C=O) groups excluding carboxylic acids is 1. The Morgan fingerprint density at radius 3 is 2.60 bits per heavy atom. The Labute approximate surface area is 141 Å². The first-order valence-electron chi connectivity index (χ1n) is 7.40. The third kappa shape index (κ3) is 2.55. The molecule has 0 spiro atoms. The number of aryl methyl sites for hydroxylation is 2. The van der Waals surface area contributed by atoms with Gasteiger partial charge in [0, 0.05) is 20.3 Å².